The van der Waals surface area contributed by atoms with E-state index in [9.17, 15) is 9.90 Å². The van der Waals surface area contributed by atoms with Gasteiger partial charge in [-0.15, -0.1) is 0 Å². The van der Waals surface area contributed by atoms with Gasteiger partial charge in [-0.2, -0.15) is 0 Å². The normalized spacial score (nSPS) is 11.9. The fraction of sp³-hybridized carbons (Fsp3) is 0.381. The fourth-order valence-corrected chi connectivity index (χ4v) is 2.69. The molecule has 0 unspecified atom stereocenters. The van der Waals surface area contributed by atoms with Crippen LogP contribution in [-0.2, 0) is 4.79 Å². The number of likely N-dealkylation sites (N-methyl/N-ethyl adjacent to an activating group) is 1. The maximum atomic E-state index is 10.7. The summed E-state index contributed by atoms with van der Waals surface area (Å²) in [6.07, 6.45) is 0.565. The maximum absolute atomic E-state index is 10.7. The molecule has 0 radical (unpaired) electrons. The molecule has 4 nitrogen and oxygen atoms in total. The Labute approximate surface area is 168 Å². The van der Waals surface area contributed by atoms with Crippen molar-refractivity contribution in [3.05, 3.63) is 65.7 Å². The molecule has 0 aliphatic rings. The van der Waals surface area contributed by atoms with E-state index in [1.165, 1.54) is 5.56 Å². The van der Waals surface area contributed by atoms with Crippen molar-refractivity contribution in [3.63, 3.8) is 0 Å². The van der Waals surface area contributed by atoms with Crippen molar-refractivity contribution in [2.24, 2.45) is 0 Å². The number of hydrogen-bond donors (Lipinski definition) is 0. The second kappa shape index (κ2) is 11.1. The van der Waals surface area contributed by atoms with Gasteiger partial charge in [-0.3, -0.25) is 0 Å². The first-order chi connectivity index (χ1) is 12.0. The van der Waals surface area contributed by atoms with Gasteiger partial charge in [0.2, 0.25) is 0 Å². The molecule has 0 aliphatic heterocycles. The Morgan fingerprint density at radius 1 is 1.04 bits per heavy atom. The zero-order valence-electron chi connectivity index (χ0n) is 16.1. The molecule has 0 amide bonds. The summed E-state index contributed by atoms with van der Waals surface area (Å²) >= 11 is 0. The summed E-state index contributed by atoms with van der Waals surface area (Å²) in [5.41, 5.74) is 2.36. The largest absolute Gasteiger partial charge is 1.00 e. The van der Waals surface area contributed by atoms with E-state index in [0.29, 0.717) is 18.9 Å². The molecule has 5 heteroatoms. The molecule has 0 aromatic heterocycles. The van der Waals surface area contributed by atoms with Crippen LogP contribution in [0.1, 0.15) is 43.4 Å². The van der Waals surface area contributed by atoms with E-state index in [0.717, 1.165) is 11.3 Å². The van der Waals surface area contributed by atoms with E-state index in [2.05, 4.69) is 26.0 Å². The van der Waals surface area contributed by atoms with Crippen molar-refractivity contribution in [2.45, 2.75) is 32.3 Å². The molecule has 2 rings (SSSR count). The molecule has 0 saturated heterocycles. The molecule has 0 spiro atoms. The Morgan fingerprint density at radius 2 is 1.65 bits per heavy atom. The minimum Gasteiger partial charge on any atom is -0.549 e. The van der Waals surface area contributed by atoms with E-state index in [1.807, 2.05) is 42.5 Å². The number of carboxylic acid groups (broad SMARTS) is 1. The van der Waals surface area contributed by atoms with E-state index in [-0.39, 0.29) is 31.5 Å². The molecule has 0 fully saturated rings. The van der Waals surface area contributed by atoms with Crippen molar-refractivity contribution in [2.75, 3.05) is 20.1 Å². The molecule has 2 aromatic rings. The predicted molar refractivity (Wildman–Crippen MR) is 97.5 cm³/mol. The second-order valence-electron chi connectivity index (χ2n) is 6.64. The van der Waals surface area contributed by atoms with Gasteiger partial charge in [0.1, 0.15) is 11.9 Å². The van der Waals surface area contributed by atoms with Gasteiger partial charge in [0.25, 0.3) is 0 Å². The van der Waals surface area contributed by atoms with Crippen molar-refractivity contribution in [3.8, 4) is 5.75 Å². The SMILES string of the molecule is CC(C)c1ccc(O[C@@H](CCN(C)CC(=O)[O-])c2ccccc2)cc1.[Li+]. The van der Waals surface area contributed by atoms with Crippen molar-refractivity contribution in [1.29, 1.82) is 0 Å². The molecule has 0 heterocycles. The number of aliphatic carboxylic acids is 1. The molecule has 1 atom stereocenters. The average Bonchev–Trinajstić information content (AvgIpc) is 2.59. The second-order valence-corrected chi connectivity index (χ2v) is 6.64. The van der Waals surface area contributed by atoms with E-state index in [1.54, 1.807) is 11.9 Å². The predicted octanol–water partition coefficient (Wildman–Crippen LogP) is 0.00590. The first-order valence-electron chi connectivity index (χ1n) is 8.65. The van der Waals surface area contributed by atoms with Crippen LogP contribution in [0.3, 0.4) is 0 Å². The minimum absolute atomic E-state index is 0. The summed E-state index contributed by atoms with van der Waals surface area (Å²) in [7, 11) is 1.77. The molecule has 26 heavy (non-hydrogen) atoms. The number of carbonyl (C=O) groups is 1. The van der Waals surface area contributed by atoms with Gasteiger partial charge in [0.05, 0.1) is 5.97 Å². The van der Waals surface area contributed by atoms with Crippen LogP contribution in [0, 0.1) is 0 Å². The van der Waals surface area contributed by atoms with Crippen molar-refractivity contribution >= 4 is 5.97 Å². The first-order valence-corrected chi connectivity index (χ1v) is 8.65. The number of nitrogens with zero attached hydrogens (tertiary/aromatic N) is 1. The summed E-state index contributed by atoms with van der Waals surface area (Å²) in [4.78, 5) is 12.5. The third-order valence-electron chi connectivity index (χ3n) is 4.17. The zero-order valence-corrected chi connectivity index (χ0v) is 16.1. The van der Waals surface area contributed by atoms with Gasteiger partial charge in [0.15, 0.2) is 0 Å². The van der Waals surface area contributed by atoms with Crippen LogP contribution in [0.4, 0.5) is 0 Å². The van der Waals surface area contributed by atoms with Crippen LogP contribution in [0.2, 0.25) is 0 Å². The number of ether oxygens (including phenoxy) is 1. The third-order valence-corrected chi connectivity index (χ3v) is 4.17. The molecular formula is C21H26LiNO3. The van der Waals surface area contributed by atoms with Crippen LogP contribution in [-0.4, -0.2) is 31.0 Å². The van der Waals surface area contributed by atoms with E-state index >= 15 is 0 Å². The molecule has 0 saturated carbocycles. The summed E-state index contributed by atoms with van der Waals surface area (Å²) in [6, 6.07) is 18.2. The van der Waals surface area contributed by atoms with Crippen molar-refractivity contribution < 1.29 is 33.5 Å². The Bertz CT molecular complexity index is 659. The Morgan fingerprint density at radius 3 is 2.19 bits per heavy atom. The standard InChI is InChI=1S/C21H27NO3.Li/c1-16(2)17-9-11-19(12-10-17)25-20(18-7-5-4-6-8-18)13-14-22(3)15-21(23)24;/h4-12,16,20H,13-15H2,1-3H3,(H,23,24);/q;+1/p-1/t20-;/m0./s1. The first kappa shape index (κ1) is 22.3. The van der Waals surface area contributed by atoms with Gasteiger partial charge >= 0.3 is 18.9 Å². The summed E-state index contributed by atoms with van der Waals surface area (Å²) in [5, 5.41) is 10.7. The molecule has 0 aliphatic carbocycles. The monoisotopic (exact) mass is 347 g/mol. The summed E-state index contributed by atoms with van der Waals surface area (Å²) < 4.78 is 6.20. The van der Waals surface area contributed by atoms with Crippen molar-refractivity contribution in [1.82, 2.24) is 4.90 Å². The third kappa shape index (κ3) is 7.25. The van der Waals surface area contributed by atoms with E-state index < -0.39 is 5.97 Å². The van der Waals surface area contributed by atoms with Crippen LogP contribution < -0.4 is 28.7 Å². The van der Waals surface area contributed by atoms with Crippen LogP contribution >= 0.6 is 0 Å². The molecule has 0 N–H and O–H groups in total. The quantitative estimate of drug-likeness (QED) is 0.600. The Hall–Kier alpha value is -1.73. The van der Waals surface area contributed by atoms with Crippen LogP contribution in [0.15, 0.2) is 54.6 Å². The average molecular weight is 347 g/mol. The number of carboxylic acids is 1. The zero-order chi connectivity index (χ0) is 18.2. The van der Waals surface area contributed by atoms with Gasteiger partial charge in [0, 0.05) is 19.5 Å². The van der Waals surface area contributed by atoms with Crippen LogP contribution in [0.25, 0.3) is 0 Å². The molecular weight excluding hydrogens is 321 g/mol. The van der Waals surface area contributed by atoms with Crippen LogP contribution in [0.5, 0.6) is 5.75 Å². The summed E-state index contributed by atoms with van der Waals surface area (Å²) in [5.74, 6) is 0.238. The summed E-state index contributed by atoms with van der Waals surface area (Å²) in [6.45, 7) is 4.85. The minimum atomic E-state index is -1.07. The topological polar surface area (TPSA) is 52.6 Å². The molecule has 0 bridgehead atoms. The van der Waals surface area contributed by atoms with E-state index in [4.69, 9.17) is 4.74 Å². The number of benzene rings is 2. The Kier molecular flexibility index (Phi) is 9.51. The van der Waals surface area contributed by atoms with Gasteiger partial charge < -0.3 is 19.5 Å². The maximum Gasteiger partial charge on any atom is 1.00 e. The fourth-order valence-electron chi connectivity index (χ4n) is 2.69. The number of carbonyl (C=O) groups excluding carboxylic acids is 1. The van der Waals surface area contributed by atoms with Gasteiger partial charge in [-0.05, 0) is 36.2 Å². The smallest absolute Gasteiger partial charge is 0.549 e. The van der Waals surface area contributed by atoms with Gasteiger partial charge in [-0.25, -0.2) is 0 Å². The Balaban J connectivity index is 0.00000338. The molecule has 134 valence electrons. The number of rotatable bonds is 9. The molecule has 2 aromatic carbocycles. The van der Waals surface area contributed by atoms with Gasteiger partial charge in [-0.1, -0.05) is 56.3 Å². The number of hydrogen-bond acceptors (Lipinski definition) is 4.